The van der Waals surface area contributed by atoms with Crippen LogP contribution in [0.5, 0.6) is 11.5 Å². The summed E-state index contributed by atoms with van der Waals surface area (Å²) in [5.74, 6) is 0.841. The van der Waals surface area contributed by atoms with Crippen LogP contribution in [0.2, 0.25) is 0 Å². The Kier molecular flexibility index (Phi) is 5.87. The van der Waals surface area contributed by atoms with Gasteiger partial charge in [0.2, 0.25) is 0 Å². The van der Waals surface area contributed by atoms with Crippen molar-refractivity contribution in [3.05, 3.63) is 28.8 Å². The summed E-state index contributed by atoms with van der Waals surface area (Å²) < 4.78 is 10.5. The van der Waals surface area contributed by atoms with Gasteiger partial charge in [0.15, 0.2) is 11.5 Å². The zero-order chi connectivity index (χ0) is 13.1. The van der Waals surface area contributed by atoms with Crippen molar-refractivity contribution in [3.8, 4) is 11.5 Å². The van der Waals surface area contributed by atoms with Gasteiger partial charge in [0.25, 0.3) is 5.91 Å². The minimum Gasteiger partial charge on any atom is -1.00 e. The van der Waals surface area contributed by atoms with Crippen molar-refractivity contribution < 1.29 is 50.5 Å². The molecule has 1 aliphatic rings. The van der Waals surface area contributed by atoms with Crippen molar-refractivity contribution in [3.63, 3.8) is 0 Å². The van der Waals surface area contributed by atoms with E-state index in [0.29, 0.717) is 23.5 Å². The summed E-state index contributed by atoms with van der Waals surface area (Å²) >= 11 is 0. The predicted octanol–water partition coefficient (Wildman–Crippen LogP) is -1.34. The third kappa shape index (κ3) is 3.30. The molecule has 0 spiro atoms. The molecule has 98 valence electrons. The molecule has 0 aliphatic heterocycles. The SMILES string of the molecule is COc1cc2c(cc1OC)CCC(C(=O)NO)=C2.[H-].[Na+]. The van der Waals surface area contributed by atoms with Gasteiger partial charge in [0.05, 0.1) is 14.2 Å². The first-order chi connectivity index (χ1) is 8.69. The maximum Gasteiger partial charge on any atom is 1.00 e. The van der Waals surface area contributed by atoms with Gasteiger partial charge in [-0.3, -0.25) is 10.0 Å². The molecule has 0 aromatic heterocycles. The fourth-order valence-corrected chi connectivity index (χ4v) is 2.07. The van der Waals surface area contributed by atoms with Crippen LogP contribution in [0.3, 0.4) is 0 Å². The molecular formula is C13H16NNaO4. The summed E-state index contributed by atoms with van der Waals surface area (Å²) in [5, 5.41) is 8.63. The quantitative estimate of drug-likeness (QED) is 0.406. The van der Waals surface area contributed by atoms with E-state index in [-0.39, 0.29) is 31.0 Å². The first kappa shape index (κ1) is 16.0. The molecule has 2 N–H and O–H groups in total. The molecule has 0 unspecified atom stereocenters. The molecule has 2 rings (SSSR count). The van der Waals surface area contributed by atoms with Crippen LogP contribution in [0.4, 0.5) is 0 Å². The smallest absolute Gasteiger partial charge is 1.00 e. The van der Waals surface area contributed by atoms with Gasteiger partial charge in [0.1, 0.15) is 0 Å². The molecule has 1 aromatic carbocycles. The normalized spacial score (nSPS) is 12.7. The van der Waals surface area contributed by atoms with Crippen molar-refractivity contribution in [2.24, 2.45) is 0 Å². The van der Waals surface area contributed by atoms with Crippen LogP contribution in [0.1, 0.15) is 19.0 Å². The monoisotopic (exact) mass is 273 g/mol. The van der Waals surface area contributed by atoms with E-state index in [4.69, 9.17) is 14.7 Å². The topological polar surface area (TPSA) is 67.8 Å². The van der Waals surface area contributed by atoms with Crippen molar-refractivity contribution in [2.75, 3.05) is 14.2 Å². The second kappa shape index (κ2) is 6.96. The maximum atomic E-state index is 11.4. The molecule has 0 saturated heterocycles. The van der Waals surface area contributed by atoms with Crippen LogP contribution in [0.15, 0.2) is 17.7 Å². The average molecular weight is 273 g/mol. The van der Waals surface area contributed by atoms with E-state index in [1.54, 1.807) is 25.8 Å². The van der Waals surface area contributed by atoms with E-state index < -0.39 is 5.91 Å². The molecule has 19 heavy (non-hydrogen) atoms. The maximum absolute atomic E-state index is 11.4. The number of ether oxygens (including phenoxy) is 2. The van der Waals surface area contributed by atoms with Crippen LogP contribution in [-0.4, -0.2) is 25.3 Å². The molecule has 1 amide bonds. The summed E-state index contributed by atoms with van der Waals surface area (Å²) in [6.07, 6.45) is 3.08. The third-order valence-corrected chi connectivity index (χ3v) is 3.03. The van der Waals surface area contributed by atoms with E-state index in [9.17, 15) is 4.79 Å². The Labute approximate surface area is 135 Å². The van der Waals surface area contributed by atoms with Gasteiger partial charge in [0, 0.05) is 5.57 Å². The number of aryl methyl sites for hydroxylation is 1. The van der Waals surface area contributed by atoms with Crippen molar-refractivity contribution in [2.45, 2.75) is 12.8 Å². The van der Waals surface area contributed by atoms with Gasteiger partial charge < -0.3 is 10.9 Å². The number of nitrogens with one attached hydrogen (secondary N) is 1. The van der Waals surface area contributed by atoms with Crippen LogP contribution in [0, 0.1) is 0 Å². The van der Waals surface area contributed by atoms with Crippen molar-refractivity contribution in [1.82, 2.24) is 5.48 Å². The van der Waals surface area contributed by atoms with Gasteiger partial charge in [-0.15, -0.1) is 0 Å². The van der Waals surface area contributed by atoms with Gasteiger partial charge >= 0.3 is 29.6 Å². The molecule has 0 saturated carbocycles. The second-order valence-corrected chi connectivity index (χ2v) is 4.02. The number of carbonyl (C=O) groups is 1. The first-order valence-corrected chi connectivity index (χ1v) is 5.59. The number of hydrogen-bond donors (Lipinski definition) is 2. The second-order valence-electron chi connectivity index (χ2n) is 4.02. The van der Waals surface area contributed by atoms with Gasteiger partial charge in [-0.1, -0.05) is 0 Å². The number of carbonyl (C=O) groups excluding carboxylic acids is 1. The van der Waals surface area contributed by atoms with Crippen LogP contribution < -0.4 is 44.5 Å². The Morgan fingerprint density at radius 3 is 2.47 bits per heavy atom. The van der Waals surface area contributed by atoms with E-state index in [2.05, 4.69) is 0 Å². The van der Waals surface area contributed by atoms with E-state index in [1.165, 1.54) is 0 Å². The number of rotatable bonds is 3. The van der Waals surface area contributed by atoms with E-state index >= 15 is 0 Å². The summed E-state index contributed by atoms with van der Waals surface area (Å²) in [4.78, 5) is 11.4. The van der Waals surface area contributed by atoms with Gasteiger partial charge in [-0.05, 0) is 42.2 Å². The van der Waals surface area contributed by atoms with Crippen LogP contribution in [-0.2, 0) is 11.2 Å². The molecular weight excluding hydrogens is 257 g/mol. The number of fused-ring (bicyclic) bond motifs is 1. The van der Waals surface area contributed by atoms with Gasteiger partial charge in [-0.25, -0.2) is 5.48 Å². The standard InChI is InChI=1S/C13H15NO4.Na.H/c1-17-11-6-8-3-4-9(13(15)14-16)5-10(8)7-12(11)18-2;;/h5-7,16H,3-4H2,1-2H3,(H,14,15);;/q;+1;-1. The Morgan fingerprint density at radius 2 is 1.89 bits per heavy atom. The number of hydrogen-bond acceptors (Lipinski definition) is 4. The molecule has 0 radical (unpaired) electrons. The number of methoxy groups -OCH3 is 2. The minimum absolute atomic E-state index is 0. The van der Waals surface area contributed by atoms with E-state index in [1.807, 2.05) is 12.1 Å². The Bertz CT molecular complexity index is 519. The molecule has 1 aromatic rings. The molecule has 1 aliphatic carbocycles. The minimum atomic E-state index is -0.463. The molecule has 0 heterocycles. The molecule has 6 heteroatoms. The third-order valence-electron chi connectivity index (χ3n) is 3.03. The number of amides is 1. The largest absolute Gasteiger partial charge is 1.00 e. The molecule has 5 nitrogen and oxygen atoms in total. The van der Waals surface area contributed by atoms with Crippen molar-refractivity contribution >= 4 is 12.0 Å². The first-order valence-electron chi connectivity index (χ1n) is 5.59. The zero-order valence-electron chi connectivity index (χ0n) is 12.3. The molecule has 0 fully saturated rings. The number of hydroxylamine groups is 1. The van der Waals surface area contributed by atoms with E-state index in [0.717, 1.165) is 17.5 Å². The average Bonchev–Trinajstić information content (AvgIpc) is 2.44. The van der Waals surface area contributed by atoms with Gasteiger partial charge in [-0.2, -0.15) is 0 Å². The Morgan fingerprint density at radius 1 is 1.26 bits per heavy atom. The Balaban J connectivity index is 0.00000180. The zero-order valence-corrected chi connectivity index (χ0v) is 13.3. The predicted molar refractivity (Wildman–Crippen MR) is 66.9 cm³/mol. The molecule has 0 atom stereocenters. The molecule has 0 bridgehead atoms. The number of benzene rings is 1. The summed E-state index contributed by atoms with van der Waals surface area (Å²) in [6.45, 7) is 0. The van der Waals surface area contributed by atoms with Crippen molar-refractivity contribution in [1.29, 1.82) is 0 Å². The fourth-order valence-electron chi connectivity index (χ4n) is 2.07. The van der Waals surface area contributed by atoms with Crippen LogP contribution >= 0.6 is 0 Å². The summed E-state index contributed by atoms with van der Waals surface area (Å²) in [7, 11) is 3.16. The summed E-state index contributed by atoms with van der Waals surface area (Å²) in [6, 6.07) is 3.75. The van der Waals surface area contributed by atoms with Crippen LogP contribution in [0.25, 0.3) is 6.08 Å². The summed E-state index contributed by atoms with van der Waals surface area (Å²) in [5.41, 5.74) is 4.22. The fraction of sp³-hybridized carbons (Fsp3) is 0.308. The Hall–Kier alpha value is -1.01.